The van der Waals surface area contributed by atoms with Crippen LogP contribution in [0.5, 0.6) is 11.5 Å². The zero-order chi connectivity index (χ0) is 25.5. The van der Waals surface area contributed by atoms with E-state index in [2.05, 4.69) is 5.32 Å². The van der Waals surface area contributed by atoms with Gasteiger partial charge >= 0.3 is 0 Å². The summed E-state index contributed by atoms with van der Waals surface area (Å²) in [4.78, 5) is 29.0. The lowest BCUT2D eigenvalue weighted by Crippen LogP contribution is -2.46. The van der Waals surface area contributed by atoms with Crippen LogP contribution in [-0.2, 0) is 11.2 Å². The third kappa shape index (κ3) is 5.90. The van der Waals surface area contributed by atoms with Gasteiger partial charge in [0.25, 0.3) is 5.91 Å². The highest BCUT2D eigenvalue weighted by molar-refractivity contribution is 5.96. The Balaban J connectivity index is 1.67. The van der Waals surface area contributed by atoms with Crippen molar-refractivity contribution in [2.45, 2.75) is 51.1 Å². The predicted octanol–water partition coefficient (Wildman–Crippen LogP) is 5.09. The second-order valence-corrected chi connectivity index (χ2v) is 9.22. The topological polar surface area (TPSA) is 81.0 Å². The number of nitrogens with zero attached hydrogens (tertiary/aromatic N) is 1. The second-order valence-electron chi connectivity index (χ2n) is 9.22. The Labute approximate surface area is 212 Å². The monoisotopic (exact) mass is 490 g/mol. The lowest BCUT2D eigenvalue weighted by Gasteiger charge is -2.32. The summed E-state index contributed by atoms with van der Waals surface area (Å²) >= 11 is 0. The van der Waals surface area contributed by atoms with Gasteiger partial charge in [-0.05, 0) is 61.6 Å². The van der Waals surface area contributed by atoms with Crippen LogP contribution in [0.15, 0.2) is 65.3 Å². The first-order chi connectivity index (χ1) is 17.5. The van der Waals surface area contributed by atoms with E-state index in [1.165, 1.54) is 6.26 Å². The van der Waals surface area contributed by atoms with E-state index in [1.807, 2.05) is 49.4 Å². The summed E-state index contributed by atoms with van der Waals surface area (Å²) < 4.78 is 16.2. The minimum absolute atomic E-state index is 0.136. The summed E-state index contributed by atoms with van der Waals surface area (Å²) in [6.07, 6.45) is 6.13. The van der Waals surface area contributed by atoms with Crippen LogP contribution >= 0.6 is 0 Å². The minimum Gasteiger partial charge on any atom is -0.493 e. The van der Waals surface area contributed by atoms with Crippen LogP contribution in [0.1, 0.15) is 59.0 Å². The molecule has 4 rings (SSSR count). The largest absolute Gasteiger partial charge is 0.493 e. The van der Waals surface area contributed by atoms with Crippen LogP contribution in [0.25, 0.3) is 0 Å². The van der Waals surface area contributed by atoms with Crippen molar-refractivity contribution >= 4 is 11.8 Å². The molecule has 1 fully saturated rings. The van der Waals surface area contributed by atoms with Crippen molar-refractivity contribution in [2.24, 2.45) is 0 Å². The van der Waals surface area contributed by atoms with E-state index in [4.69, 9.17) is 13.9 Å². The summed E-state index contributed by atoms with van der Waals surface area (Å²) in [6, 6.07) is 16.1. The number of ether oxygens (including phenoxy) is 2. The molecule has 1 aliphatic rings. The predicted molar refractivity (Wildman–Crippen MR) is 137 cm³/mol. The summed E-state index contributed by atoms with van der Waals surface area (Å²) in [6.45, 7) is 2.31. The van der Waals surface area contributed by atoms with Crippen molar-refractivity contribution < 1.29 is 23.5 Å². The van der Waals surface area contributed by atoms with Crippen molar-refractivity contribution in [1.82, 2.24) is 10.2 Å². The van der Waals surface area contributed by atoms with E-state index in [1.54, 1.807) is 31.3 Å². The molecule has 0 bridgehead atoms. The van der Waals surface area contributed by atoms with Crippen LogP contribution in [0.2, 0.25) is 0 Å². The van der Waals surface area contributed by atoms with Crippen LogP contribution < -0.4 is 14.8 Å². The SMILES string of the molecule is COc1ccc(CCN(C(=O)c2ccco2)[C@@H](C(=O)NC2CCCC2)c2ccc(C)cc2)cc1OC. The fourth-order valence-corrected chi connectivity index (χ4v) is 4.75. The molecule has 1 heterocycles. The van der Waals surface area contributed by atoms with Crippen molar-refractivity contribution in [2.75, 3.05) is 20.8 Å². The van der Waals surface area contributed by atoms with Gasteiger partial charge in [0.05, 0.1) is 20.5 Å². The van der Waals surface area contributed by atoms with Gasteiger partial charge in [0.15, 0.2) is 17.3 Å². The van der Waals surface area contributed by atoms with Crippen LogP contribution in [0, 0.1) is 6.92 Å². The van der Waals surface area contributed by atoms with Gasteiger partial charge in [0.2, 0.25) is 5.91 Å². The maximum Gasteiger partial charge on any atom is 0.290 e. The molecule has 190 valence electrons. The molecule has 7 nitrogen and oxygen atoms in total. The molecule has 36 heavy (non-hydrogen) atoms. The highest BCUT2D eigenvalue weighted by Crippen LogP contribution is 2.30. The molecule has 7 heteroatoms. The molecule has 0 aliphatic heterocycles. The molecule has 0 radical (unpaired) electrons. The van der Waals surface area contributed by atoms with E-state index in [9.17, 15) is 9.59 Å². The van der Waals surface area contributed by atoms with Gasteiger partial charge in [-0.2, -0.15) is 0 Å². The van der Waals surface area contributed by atoms with Gasteiger partial charge in [-0.15, -0.1) is 0 Å². The number of nitrogens with one attached hydrogen (secondary N) is 1. The molecule has 2 aromatic carbocycles. The first-order valence-corrected chi connectivity index (χ1v) is 12.4. The average molecular weight is 491 g/mol. The van der Waals surface area contributed by atoms with Gasteiger partial charge in [-0.1, -0.05) is 48.7 Å². The molecule has 0 unspecified atom stereocenters. The second kappa shape index (κ2) is 11.8. The molecular weight excluding hydrogens is 456 g/mol. The van der Waals surface area contributed by atoms with Crippen LogP contribution in [-0.4, -0.2) is 43.5 Å². The average Bonchev–Trinajstić information content (AvgIpc) is 3.61. The Morgan fingerprint density at radius 1 is 1.03 bits per heavy atom. The van der Waals surface area contributed by atoms with Crippen molar-refractivity contribution in [1.29, 1.82) is 0 Å². The van der Waals surface area contributed by atoms with Gasteiger partial charge in [-0.3, -0.25) is 9.59 Å². The molecule has 2 amide bonds. The number of aryl methyl sites for hydroxylation is 1. The number of carbonyl (C=O) groups is 2. The fourth-order valence-electron chi connectivity index (χ4n) is 4.75. The maximum atomic E-state index is 13.7. The van der Waals surface area contributed by atoms with Crippen LogP contribution in [0.3, 0.4) is 0 Å². The number of carbonyl (C=O) groups excluding carboxylic acids is 2. The van der Waals surface area contributed by atoms with Gasteiger partial charge in [0, 0.05) is 12.6 Å². The summed E-state index contributed by atoms with van der Waals surface area (Å²) in [7, 11) is 3.19. The van der Waals surface area contributed by atoms with Crippen molar-refractivity contribution in [3.8, 4) is 11.5 Å². The molecule has 3 aromatic rings. The normalized spacial score (nSPS) is 14.3. The molecule has 1 saturated carbocycles. The standard InChI is InChI=1S/C29H34N2O5/c1-20-10-13-22(14-11-20)27(28(32)30-23-7-4-5-8-23)31(29(33)25-9-6-18-36-25)17-16-21-12-15-24(34-2)26(19-21)35-3/h6,9-15,18-19,23,27H,4-5,7-8,16-17H2,1-3H3,(H,30,32)/t27-/m1/s1. The molecule has 0 saturated heterocycles. The first-order valence-electron chi connectivity index (χ1n) is 12.4. The van der Waals surface area contributed by atoms with Gasteiger partial charge < -0.3 is 24.1 Å². The third-order valence-electron chi connectivity index (χ3n) is 6.74. The number of furan rings is 1. The molecule has 1 N–H and O–H groups in total. The zero-order valence-electron chi connectivity index (χ0n) is 21.2. The van der Waals surface area contributed by atoms with Crippen molar-refractivity contribution in [3.63, 3.8) is 0 Å². The highest BCUT2D eigenvalue weighted by atomic mass is 16.5. The third-order valence-corrected chi connectivity index (χ3v) is 6.74. The molecule has 1 aromatic heterocycles. The van der Waals surface area contributed by atoms with E-state index in [0.29, 0.717) is 24.5 Å². The Kier molecular flexibility index (Phi) is 8.31. The first kappa shape index (κ1) is 25.4. The Hall–Kier alpha value is -3.74. The number of rotatable bonds is 10. The maximum absolute atomic E-state index is 13.7. The number of hydrogen-bond donors (Lipinski definition) is 1. The Morgan fingerprint density at radius 2 is 1.75 bits per heavy atom. The van der Waals surface area contributed by atoms with Gasteiger partial charge in [-0.25, -0.2) is 0 Å². The number of amides is 2. The smallest absolute Gasteiger partial charge is 0.290 e. The van der Waals surface area contributed by atoms with Crippen LogP contribution in [0.4, 0.5) is 0 Å². The zero-order valence-corrected chi connectivity index (χ0v) is 21.2. The molecule has 1 aliphatic carbocycles. The Bertz CT molecular complexity index is 1150. The number of hydrogen-bond acceptors (Lipinski definition) is 5. The lowest BCUT2D eigenvalue weighted by molar-refractivity contribution is -0.126. The minimum atomic E-state index is -0.788. The molecule has 1 atom stereocenters. The lowest BCUT2D eigenvalue weighted by atomic mass is 10.0. The number of benzene rings is 2. The Morgan fingerprint density at radius 3 is 2.39 bits per heavy atom. The number of methoxy groups -OCH3 is 2. The highest BCUT2D eigenvalue weighted by Gasteiger charge is 2.34. The molecule has 0 spiro atoms. The summed E-state index contributed by atoms with van der Waals surface area (Å²) in [5.74, 6) is 0.963. The fraction of sp³-hybridized carbons (Fsp3) is 0.379. The van der Waals surface area contributed by atoms with E-state index < -0.39 is 6.04 Å². The quantitative estimate of drug-likeness (QED) is 0.428. The van der Waals surface area contributed by atoms with E-state index >= 15 is 0 Å². The van der Waals surface area contributed by atoms with E-state index in [-0.39, 0.29) is 23.6 Å². The molecular formula is C29H34N2O5. The van der Waals surface area contributed by atoms with Crippen molar-refractivity contribution in [3.05, 3.63) is 83.3 Å². The summed E-state index contributed by atoms with van der Waals surface area (Å²) in [5, 5.41) is 3.20. The van der Waals surface area contributed by atoms with Gasteiger partial charge in [0.1, 0.15) is 6.04 Å². The summed E-state index contributed by atoms with van der Waals surface area (Å²) in [5.41, 5.74) is 2.81. The van der Waals surface area contributed by atoms with E-state index in [0.717, 1.165) is 42.4 Å².